The van der Waals surface area contributed by atoms with Crippen LogP contribution in [0.25, 0.3) is 0 Å². The number of aromatic hydroxyl groups is 1. The topological polar surface area (TPSA) is 78.4 Å². The summed E-state index contributed by atoms with van der Waals surface area (Å²) < 4.78 is 27.4. The molecule has 3 rings (SSSR count). The second kappa shape index (κ2) is 13.5. The monoisotopic (exact) mass is 494 g/mol. The molecule has 0 saturated heterocycles. The van der Waals surface area contributed by atoms with Crippen LogP contribution < -0.4 is 10.6 Å². The van der Waals surface area contributed by atoms with E-state index in [1.54, 1.807) is 12.1 Å². The number of rotatable bonds is 13. The lowest BCUT2D eigenvalue weighted by Crippen LogP contribution is -2.38. The Morgan fingerprint density at radius 3 is 2.33 bits per heavy atom. The van der Waals surface area contributed by atoms with E-state index in [9.17, 15) is 23.5 Å². The molecular formula is C29H32F2N2O3. The zero-order chi connectivity index (χ0) is 25.9. The van der Waals surface area contributed by atoms with Gasteiger partial charge in [-0.1, -0.05) is 43.3 Å². The largest absolute Gasteiger partial charge is 0.508 e. The van der Waals surface area contributed by atoms with Crippen LogP contribution in [0.2, 0.25) is 0 Å². The third kappa shape index (κ3) is 8.89. The minimum absolute atomic E-state index is 0.0113. The second-order valence-corrected chi connectivity index (χ2v) is 8.86. The van der Waals surface area contributed by atoms with Gasteiger partial charge in [-0.25, -0.2) is 8.78 Å². The molecule has 0 unspecified atom stereocenters. The van der Waals surface area contributed by atoms with Crippen molar-refractivity contribution in [2.24, 2.45) is 0 Å². The fourth-order valence-electron chi connectivity index (χ4n) is 4.06. The number of phenolic OH excluding ortho intramolecular Hbond substituents is 1. The summed E-state index contributed by atoms with van der Waals surface area (Å²) in [5.41, 5.74) is 3.20. The molecule has 1 atom stereocenters. The van der Waals surface area contributed by atoms with Crippen LogP contribution in [0, 0.1) is 11.6 Å². The molecule has 0 saturated carbocycles. The summed E-state index contributed by atoms with van der Waals surface area (Å²) in [6, 6.07) is 17.3. The molecule has 3 N–H and O–H groups in total. The van der Waals surface area contributed by atoms with Crippen LogP contribution in [0.5, 0.6) is 5.75 Å². The van der Waals surface area contributed by atoms with Crippen molar-refractivity contribution in [2.45, 2.75) is 51.6 Å². The number of nitrogens with one attached hydrogen (secondary N) is 2. The van der Waals surface area contributed by atoms with Crippen LogP contribution in [0.4, 0.5) is 8.78 Å². The highest BCUT2D eigenvalue weighted by atomic mass is 19.1. The number of halogens is 2. The summed E-state index contributed by atoms with van der Waals surface area (Å²) in [6.07, 6.45) is 1.72. The molecule has 3 aromatic carbocycles. The number of Topliss-reactive ketones (excluding diaryl/α,β-unsaturated/α-hetero) is 1. The molecule has 190 valence electrons. The van der Waals surface area contributed by atoms with Gasteiger partial charge in [0.25, 0.3) is 0 Å². The Balaban J connectivity index is 1.57. The molecule has 0 bridgehead atoms. The van der Waals surface area contributed by atoms with Crippen LogP contribution in [-0.2, 0) is 24.2 Å². The first-order valence-electron chi connectivity index (χ1n) is 12.2. The van der Waals surface area contributed by atoms with Gasteiger partial charge in [-0.15, -0.1) is 0 Å². The SMILES string of the molecule is CCc1cccc(CNCC[C@H](Cc2cc(F)cc(F)c2)NC(=O)CCC(=O)c2cccc(O)c2)c1. The summed E-state index contributed by atoms with van der Waals surface area (Å²) in [5, 5.41) is 15.8. The maximum atomic E-state index is 13.7. The van der Waals surface area contributed by atoms with Crippen LogP contribution in [0.1, 0.15) is 53.2 Å². The van der Waals surface area contributed by atoms with E-state index >= 15 is 0 Å². The summed E-state index contributed by atoms with van der Waals surface area (Å²) in [7, 11) is 0. The minimum atomic E-state index is -0.666. The summed E-state index contributed by atoms with van der Waals surface area (Å²) in [5.74, 6) is -1.91. The van der Waals surface area contributed by atoms with Crippen molar-refractivity contribution < 1.29 is 23.5 Å². The van der Waals surface area contributed by atoms with E-state index < -0.39 is 11.6 Å². The molecule has 0 spiro atoms. The highest BCUT2D eigenvalue weighted by Crippen LogP contribution is 2.15. The number of hydrogen-bond acceptors (Lipinski definition) is 4. The van der Waals surface area contributed by atoms with Crippen molar-refractivity contribution in [3.05, 3.63) is 101 Å². The highest BCUT2D eigenvalue weighted by Gasteiger charge is 2.16. The van der Waals surface area contributed by atoms with E-state index in [2.05, 4.69) is 29.7 Å². The number of aryl methyl sites for hydroxylation is 1. The van der Waals surface area contributed by atoms with E-state index in [4.69, 9.17) is 0 Å². The molecule has 0 aliphatic heterocycles. The Kier molecular flexibility index (Phi) is 10.1. The lowest BCUT2D eigenvalue weighted by atomic mass is 10.0. The van der Waals surface area contributed by atoms with Crippen LogP contribution in [0.3, 0.4) is 0 Å². The molecule has 36 heavy (non-hydrogen) atoms. The Bertz CT molecular complexity index is 1160. The molecule has 0 fully saturated rings. The smallest absolute Gasteiger partial charge is 0.220 e. The third-order valence-electron chi connectivity index (χ3n) is 5.92. The number of amides is 1. The number of benzene rings is 3. The first-order chi connectivity index (χ1) is 17.3. The standard InChI is InChI=1S/C29H32F2N2O3/c1-2-20-5-3-6-21(13-20)19-32-12-11-26(16-22-14-24(30)18-25(31)15-22)33-29(36)10-9-28(35)23-7-4-8-27(34)17-23/h3-8,13-15,17-18,26,32,34H,2,9-12,16,19H2,1H3,(H,33,36)/t26-/m1/s1. The summed E-state index contributed by atoms with van der Waals surface area (Å²) >= 11 is 0. The Morgan fingerprint density at radius 2 is 1.61 bits per heavy atom. The lowest BCUT2D eigenvalue weighted by molar-refractivity contribution is -0.121. The van der Waals surface area contributed by atoms with E-state index in [-0.39, 0.29) is 42.7 Å². The van der Waals surface area contributed by atoms with E-state index in [1.165, 1.54) is 29.8 Å². The van der Waals surface area contributed by atoms with Gasteiger partial charge in [-0.05, 0) is 66.8 Å². The van der Waals surface area contributed by atoms with Crippen LogP contribution in [-0.4, -0.2) is 29.4 Å². The van der Waals surface area contributed by atoms with Crippen molar-refractivity contribution in [1.82, 2.24) is 10.6 Å². The Morgan fingerprint density at radius 1 is 0.889 bits per heavy atom. The Labute approximate surface area is 210 Å². The number of carbonyl (C=O) groups is 2. The van der Waals surface area contributed by atoms with Crippen LogP contribution >= 0.6 is 0 Å². The molecule has 1 amide bonds. The number of carbonyl (C=O) groups excluding carboxylic acids is 2. The quantitative estimate of drug-likeness (QED) is 0.228. The molecule has 0 aliphatic carbocycles. The second-order valence-electron chi connectivity index (χ2n) is 8.86. The van der Waals surface area contributed by atoms with Gasteiger partial charge in [-0.2, -0.15) is 0 Å². The van der Waals surface area contributed by atoms with Gasteiger partial charge < -0.3 is 15.7 Å². The van der Waals surface area contributed by atoms with Crippen molar-refractivity contribution >= 4 is 11.7 Å². The number of phenols is 1. The normalized spacial score (nSPS) is 11.8. The maximum Gasteiger partial charge on any atom is 0.220 e. The van der Waals surface area contributed by atoms with Crippen LogP contribution in [0.15, 0.2) is 66.7 Å². The maximum absolute atomic E-state index is 13.7. The average Bonchev–Trinajstić information content (AvgIpc) is 2.84. The number of hydrogen-bond donors (Lipinski definition) is 3. The predicted octanol–water partition coefficient (Wildman–Crippen LogP) is 5.10. The molecule has 0 radical (unpaired) electrons. The van der Waals surface area contributed by atoms with Gasteiger partial charge in [0.2, 0.25) is 5.91 Å². The van der Waals surface area contributed by atoms with Crippen molar-refractivity contribution in [3.8, 4) is 5.75 Å². The van der Waals surface area contributed by atoms with Crippen molar-refractivity contribution in [3.63, 3.8) is 0 Å². The molecule has 3 aromatic rings. The fraction of sp³-hybridized carbons (Fsp3) is 0.310. The average molecular weight is 495 g/mol. The number of ketones is 1. The first kappa shape index (κ1) is 27.0. The Hall–Kier alpha value is -3.58. The predicted molar refractivity (Wildman–Crippen MR) is 136 cm³/mol. The first-order valence-corrected chi connectivity index (χ1v) is 12.2. The zero-order valence-electron chi connectivity index (χ0n) is 20.4. The van der Waals surface area contributed by atoms with Crippen molar-refractivity contribution in [1.29, 1.82) is 0 Å². The summed E-state index contributed by atoms with van der Waals surface area (Å²) in [4.78, 5) is 25.0. The molecule has 0 heterocycles. The van der Waals surface area contributed by atoms with Gasteiger partial charge >= 0.3 is 0 Å². The van der Waals surface area contributed by atoms with Gasteiger partial charge in [0, 0.05) is 37.1 Å². The fourth-order valence-corrected chi connectivity index (χ4v) is 4.06. The van der Waals surface area contributed by atoms with Gasteiger partial charge in [0.05, 0.1) is 0 Å². The van der Waals surface area contributed by atoms with E-state index in [1.807, 2.05) is 12.1 Å². The molecular weight excluding hydrogens is 462 g/mol. The lowest BCUT2D eigenvalue weighted by Gasteiger charge is -2.20. The molecule has 0 aliphatic rings. The minimum Gasteiger partial charge on any atom is -0.508 e. The van der Waals surface area contributed by atoms with Gasteiger partial charge in [0.15, 0.2) is 5.78 Å². The highest BCUT2D eigenvalue weighted by molar-refractivity contribution is 5.98. The van der Waals surface area contributed by atoms with Crippen molar-refractivity contribution in [2.75, 3.05) is 6.54 Å². The van der Waals surface area contributed by atoms with Gasteiger partial charge in [-0.3, -0.25) is 9.59 Å². The molecule has 0 aromatic heterocycles. The van der Waals surface area contributed by atoms with Gasteiger partial charge in [0.1, 0.15) is 17.4 Å². The van der Waals surface area contributed by atoms with E-state index in [0.717, 1.165) is 18.1 Å². The molecule has 5 nitrogen and oxygen atoms in total. The third-order valence-corrected chi connectivity index (χ3v) is 5.92. The zero-order valence-corrected chi connectivity index (χ0v) is 20.4. The summed E-state index contributed by atoms with van der Waals surface area (Å²) in [6.45, 7) is 3.36. The van der Waals surface area contributed by atoms with E-state index in [0.29, 0.717) is 30.6 Å². The molecule has 7 heteroatoms.